The van der Waals surface area contributed by atoms with Crippen LogP contribution in [0.2, 0.25) is 5.02 Å². The van der Waals surface area contributed by atoms with E-state index >= 15 is 0 Å². The molecule has 0 heterocycles. The molecule has 2 aromatic carbocycles. The van der Waals surface area contributed by atoms with E-state index in [4.69, 9.17) is 16.3 Å². The molecule has 1 amide bonds. The van der Waals surface area contributed by atoms with Crippen LogP contribution in [0.5, 0.6) is 0 Å². The monoisotopic (exact) mass is 365 g/mol. The molecular weight excluding hydrogens is 352 g/mol. The van der Waals surface area contributed by atoms with Crippen molar-refractivity contribution in [2.45, 2.75) is 6.54 Å². The van der Waals surface area contributed by atoms with Gasteiger partial charge in [0, 0.05) is 12.6 Å². The summed E-state index contributed by atoms with van der Waals surface area (Å²) in [4.78, 5) is 23.1. The molecule has 0 atom stereocenters. The molecule has 130 valence electrons. The summed E-state index contributed by atoms with van der Waals surface area (Å²) in [6, 6.07) is 9.63. The fourth-order valence-corrected chi connectivity index (χ4v) is 2.01. The molecule has 25 heavy (non-hydrogen) atoms. The predicted octanol–water partition coefficient (Wildman–Crippen LogP) is 3.49. The first-order valence-electron chi connectivity index (χ1n) is 7.25. The Bertz CT molecular complexity index is 791. The Balaban J connectivity index is 1.75. The van der Waals surface area contributed by atoms with E-state index in [1.165, 1.54) is 48.5 Å². The number of amides is 1. The lowest BCUT2D eigenvalue weighted by Gasteiger charge is -2.05. The highest BCUT2D eigenvalue weighted by Gasteiger charge is 2.05. The van der Waals surface area contributed by atoms with E-state index < -0.39 is 24.3 Å². The third kappa shape index (κ3) is 6.35. The minimum Gasteiger partial charge on any atom is -0.452 e. The molecule has 0 aromatic heterocycles. The number of esters is 1. The number of benzene rings is 2. The number of hydrogen-bond acceptors (Lipinski definition) is 3. The summed E-state index contributed by atoms with van der Waals surface area (Å²) in [5.41, 5.74) is 1.23. The van der Waals surface area contributed by atoms with Crippen LogP contribution in [0.4, 0.5) is 8.78 Å². The Labute approximate surface area is 148 Å². The van der Waals surface area contributed by atoms with Gasteiger partial charge in [-0.25, -0.2) is 13.6 Å². The summed E-state index contributed by atoms with van der Waals surface area (Å²) < 4.78 is 30.5. The van der Waals surface area contributed by atoms with E-state index in [2.05, 4.69) is 5.32 Å². The molecule has 0 aliphatic carbocycles. The SMILES string of the molecule is O=C(COC(=O)/C=C/c1ccc(F)c(Cl)c1)NCc1ccc(F)cc1. The number of rotatable bonds is 6. The summed E-state index contributed by atoms with van der Waals surface area (Å²) >= 11 is 5.63. The summed E-state index contributed by atoms with van der Waals surface area (Å²) in [6.07, 6.45) is 2.50. The first-order valence-corrected chi connectivity index (χ1v) is 7.63. The third-order valence-corrected chi connectivity index (χ3v) is 3.39. The van der Waals surface area contributed by atoms with Gasteiger partial charge < -0.3 is 10.1 Å². The number of ether oxygens (including phenoxy) is 1. The van der Waals surface area contributed by atoms with Gasteiger partial charge in [0.05, 0.1) is 5.02 Å². The number of halogens is 3. The number of hydrogen-bond donors (Lipinski definition) is 1. The Morgan fingerprint density at radius 3 is 2.52 bits per heavy atom. The van der Waals surface area contributed by atoms with E-state index in [1.54, 1.807) is 0 Å². The summed E-state index contributed by atoms with van der Waals surface area (Å²) in [5.74, 6) is -2.13. The lowest BCUT2D eigenvalue weighted by molar-refractivity contribution is -0.143. The van der Waals surface area contributed by atoms with Gasteiger partial charge in [-0.3, -0.25) is 4.79 Å². The summed E-state index contributed by atoms with van der Waals surface area (Å²) in [7, 11) is 0. The van der Waals surface area contributed by atoms with Crippen LogP contribution in [-0.4, -0.2) is 18.5 Å². The Morgan fingerprint density at radius 2 is 1.84 bits per heavy atom. The van der Waals surface area contributed by atoms with Gasteiger partial charge in [-0.05, 0) is 41.5 Å². The Kier molecular flexibility index (Phi) is 6.65. The van der Waals surface area contributed by atoms with Crippen molar-refractivity contribution in [3.05, 3.63) is 76.3 Å². The van der Waals surface area contributed by atoms with E-state index in [9.17, 15) is 18.4 Å². The van der Waals surface area contributed by atoms with Crippen molar-refractivity contribution in [2.24, 2.45) is 0 Å². The molecule has 0 saturated heterocycles. The van der Waals surface area contributed by atoms with Gasteiger partial charge in [-0.1, -0.05) is 29.8 Å². The Morgan fingerprint density at radius 1 is 1.12 bits per heavy atom. The van der Waals surface area contributed by atoms with E-state index in [0.29, 0.717) is 11.1 Å². The highest BCUT2D eigenvalue weighted by atomic mass is 35.5. The van der Waals surface area contributed by atoms with Gasteiger partial charge in [0.2, 0.25) is 0 Å². The maximum atomic E-state index is 13.0. The average molecular weight is 366 g/mol. The quantitative estimate of drug-likeness (QED) is 0.629. The molecular formula is C18H14ClF2NO3. The van der Waals surface area contributed by atoms with Crippen molar-refractivity contribution in [3.63, 3.8) is 0 Å². The normalized spacial score (nSPS) is 10.7. The standard InChI is InChI=1S/C18H14ClF2NO3/c19-15-9-12(3-7-16(15)21)4-8-18(24)25-11-17(23)22-10-13-1-5-14(20)6-2-13/h1-9H,10-11H2,(H,22,23)/b8-4+. The van der Waals surface area contributed by atoms with E-state index in [1.807, 2.05) is 0 Å². The fraction of sp³-hybridized carbons (Fsp3) is 0.111. The molecule has 2 aromatic rings. The van der Waals surface area contributed by atoms with Crippen LogP contribution in [-0.2, 0) is 20.9 Å². The zero-order valence-corrected chi connectivity index (χ0v) is 13.7. The van der Waals surface area contributed by atoms with Crippen LogP contribution >= 0.6 is 11.6 Å². The Hall–Kier alpha value is -2.73. The van der Waals surface area contributed by atoms with Crippen LogP contribution in [0.25, 0.3) is 6.08 Å². The van der Waals surface area contributed by atoms with Crippen LogP contribution in [0.3, 0.4) is 0 Å². The molecule has 0 saturated carbocycles. The number of carbonyl (C=O) groups excluding carboxylic acids is 2. The van der Waals surface area contributed by atoms with Gasteiger partial charge in [0.15, 0.2) is 6.61 Å². The van der Waals surface area contributed by atoms with Crippen molar-refractivity contribution >= 4 is 29.6 Å². The molecule has 0 unspecified atom stereocenters. The van der Waals surface area contributed by atoms with Gasteiger partial charge in [-0.2, -0.15) is 0 Å². The van der Waals surface area contributed by atoms with Crippen molar-refractivity contribution in [3.8, 4) is 0 Å². The predicted molar refractivity (Wildman–Crippen MR) is 89.6 cm³/mol. The molecule has 0 aliphatic rings. The molecule has 4 nitrogen and oxygen atoms in total. The fourth-order valence-electron chi connectivity index (χ4n) is 1.82. The molecule has 2 rings (SSSR count). The van der Waals surface area contributed by atoms with Gasteiger partial charge in [0.25, 0.3) is 5.91 Å². The third-order valence-electron chi connectivity index (χ3n) is 3.10. The molecule has 0 fully saturated rings. The minimum atomic E-state index is -0.725. The molecule has 7 heteroatoms. The minimum absolute atomic E-state index is 0.0595. The van der Waals surface area contributed by atoms with Gasteiger partial charge in [0.1, 0.15) is 11.6 Å². The lowest BCUT2D eigenvalue weighted by Crippen LogP contribution is -2.28. The maximum Gasteiger partial charge on any atom is 0.331 e. The first kappa shape index (κ1) is 18.6. The second-order valence-electron chi connectivity index (χ2n) is 5.02. The van der Waals surface area contributed by atoms with Crippen LogP contribution < -0.4 is 5.32 Å². The van der Waals surface area contributed by atoms with Crippen molar-refractivity contribution in [1.29, 1.82) is 0 Å². The topological polar surface area (TPSA) is 55.4 Å². The smallest absolute Gasteiger partial charge is 0.331 e. The second kappa shape index (κ2) is 8.94. The van der Waals surface area contributed by atoms with Gasteiger partial charge >= 0.3 is 5.97 Å². The lowest BCUT2D eigenvalue weighted by atomic mass is 10.2. The molecule has 0 radical (unpaired) electrons. The average Bonchev–Trinajstić information content (AvgIpc) is 2.60. The number of carbonyl (C=O) groups is 2. The van der Waals surface area contributed by atoms with Crippen molar-refractivity contribution in [1.82, 2.24) is 5.32 Å². The largest absolute Gasteiger partial charge is 0.452 e. The first-order chi connectivity index (χ1) is 11.9. The molecule has 0 aliphatic heterocycles. The molecule has 1 N–H and O–H groups in total. The molecule has 0 bridgehead atoms. The van der Waals surface area contributed by atoms with E-state index in [0.717, 1.165) is 6.08 Å². The highest BCUT2D eigenvalue weighted by Crippen LogP contribution is 2.16. The van der Waals surface area contributed by atoms with Crippen LogP contribution in [0.15, 0.2) is 48.5 Å². The van der Waals surface area contributed by atoms with Crippen molar-refractivity contribution < 1.29 is 23.1 Å². The number of nitrogens with one attached hydrogen (secondary N) is 1. The zero-order valence-electron chi connectivity index (χ0n) is 13.0. The van der Waals surface area contributed by atoms with Crippen LogP contribution in [0, 0.1) is 11.6 Å². The van der Waals surface area contributed by atoms with Gasteiger partial charge in [-0.15, -0.1) is 0 Å². The van der Waals surface area contributed by atoms with Crippen LogP contribution in [0.1, 0.15) is 11.1 Å². The summed E-state index contributed by atoms with van der Waals surface area (Å²) in [6.45, 7) is -0.255. The second-order valence-corrected chi connectivity index (χ2v) is 5.42. The van der Waals surface area contributed by atoms with E-state index in [-0.39, 0.29) is 17.4 Å². The summed E-state index contributed by atoms with van der Waals surface area (Å²) in [5, 5.41) is 2.48. The highest BCUT2D eigenvalue weighted by molar-refractivity contribution is 6.30. The van der Waals surface area contributed by atoms with Crippen molar-refractivity contribution in [2.75, 3.05) is 6.61 Å². The molecule has 0 spiro atoms. The zero-order chi connectivity index (χ0) is 18.2. The maximum absolute atomic E-state index is 13.0.